The van der Waals surface area contributed by atoms with Crippen molar-refractivity contribution in [2.24, 2.45) is 0 Å². The molecule has 0 unspecified atom stereocenters. The first-order valence-electron chi connectivity index (χ1n) is 4.24. The zero-order valence-electron chi connectivity index (χ0n) is 8.18. The molecule has 17 heavy (non-hydrogen) atoms. The van der Waals surface area contributed by atoms with Crippen LogP contribution in [0, 0.1) is 14.9 Å². The minimum atomic E-state index is -4.94. The van der Waals surface area contributed by atoms with Gasteiger partial charge in [0.25, 0.3) is 0 Å². The van der Waals surface area contributed by atoms with Crippen LogP contribution in [0.3, 0.4) is 0 Å². The van der Waals surface area contributed by atoms with Gasteiger partial charge in [0, 0.05) is 9.13 Å². The highest BCUT2D eigenvalue weighted by Gasteiger charge is 2.33. The van der Waals surface area contributed by atoms with E-state index in [9.17, 15) is 17.6 Å². The molecule has 0 bridgehead atoms. The molecule has 0 amide bonds. The summed E-state index contributed by atoms with van der Waals surface area (Å²) in [5, 5.41) is 8.46. The number of hydrogen-bond acceptors (Lipinski definition) is 3. The van der Waals surface area contributed by atoms with Gasteiger partial charge in [0.1, 0.15) is 6.67 Å². The first-order valence-corrected chi connectivity index (χ1v) is 5.32. The SMILES string of the molecule is N#CCc1nc(OC(F)(F)F)c(CF)cc1I. The minimum absolute atomic E-state index is 0.129. The Morgan fingerprint density at radius 2 is 2.12 bits per heavy atom. The number of nitrogens with zero attached hydrogens (tertiary/aromatic N) is 2. The van der Waals surface area contributed by atoms with Crippen LogP contribution >= 0.6 is 22.6 Å². The molecule has 1 aromatic rings. The molecular formula is C9H5F4IN2O. The average molecular weight is 360 g/mol. The number of halogens is 5. The van der Waals surface area contributed by atoms with Gasteiger partial charge >= 0.3 is 6.36 Å². The number of aromatic nitrogens is 1. The van der Waals surface area contributed by atoms with Gasteiger partial charge in [0.2, 0.25) is 5.88 Å². The second-order valence-corrected chi connectivity index (χ2v) is 4.06. The lowest BCUT2D eigenvalue weighted by molar-refractivity contribution is -0.276. The molecule has 1 heterocycles. The molecule has 8 heteroatoms. The largest absolute Gasteiger partial charge is 0.574 e. The van der Waals surface area contributed by atoms with Gasteiger partial charge in [-0.05, 0) is 28.7 Å². The molecule has 3 nitrogen and oxygen atoms in total. The zero-order valence-corrected chi connectivity index (χ0v) is 10.3. The van der Waals surface area contributed by atoms with Crippen LogP contribution in [0.1, 0.15) is 11.3 Å². The second-order valence-electron chi connectivity index (χ2n) is 2.90. The van der Waals surface area contributed by atoms with E-state index >= 15 is 0 Å². The Hall–Kier alpha value is -1.11. The van der Waals surface area contributed by atoms with E-state index in [1.165, 1.54) is 6.07 Å². The smallest absolute Gasteiger partial charge is 0.387 e. The van der Waals surface area contributed by atoms with Gasteiger partial charge in [0.15, 0.2) is 0 Å². The van der Waals surface area contributed by atoms with Gasteiger partial charge in [-0.3, -0.25) is 0 Å². The molecule has 1 rings (SSSR count). The average Bonchev–Trinajstić information content (AvgIpc) is 2.20. The van der Waals surface area contributed by atoms with Crippen molar-refractivity contribution in [3.8, 4) is 11.9 Å². The number of hydrogen-bond donors (Lipinski definition) is 0. The molecule has 0 N–H and O–H groups in total. The van der Waals surface area contributed by atoms with Crippen molar-refractivity contribution >= 4 is 22.6 Å². The highest BCUT2D eigenvalue weighted by molar-refractivity contribution is 14.1. The molecule has 0 saturated carbocycles. The third kappa shape index (κ3) is 3.99. The molecule has 0 saturated heterocycles. The lowest BCUT2D eigenvalue weighted by Gasteiger charge is -2.12. The predicted molar refractivity (Wildman–Crippen MR) is 57.8 cm³/mol. The molecule has 0 aliphatic rings. The van der Waals surface area contributed by atoms with Crippen molar-refractivity contribution in [3.05, 3.63) is 20.9 Å². The van der Waals surface area contributed by atoms with Gasteiger partial charge in [-0.15, -0.1) is 13.2 Å². The summed E-state index contributed by atoms with van der Waals surface area (Å²) in [6, 6.07) is 2.94. The summed E-state index contributed by atoms with van der Waals surface area (Å²) >= 11 is 1.77. The van der Waals surface area contributed by atoms with E-state index < -0.39 is 18.9 Å². The maximum absolute atomic E-state index is 12.5. The number of alkyl halides is 4. The van der Waals surface area contributed by atoms with E-state index in [-0.39, 0.29) is 17.7 Å². The number of ether oxygens (including phenoxy) is 1. The Kier molecular flexibility index (Phi) is 4.50. The molecule has 0 aromatic carbocycles. The van der Waals surface area contributed by atoms with Crippen LogP contribution in [0.5, 0.6) is 5.88 Å². The molecule has 0 atom stereocenters. The topological polar surface area (TPSA) is 45.9 Å². The molecule has 1 aromatic heterocycles. The Morgan fingerprint density at radius 3 is 2.59 bits per heavy atom. The first kappa shape index (κ1) is 14.0. The quantitative estimate of drug-likeness (QED) is 0.615. The van der Waals surface area contributed by atoms with Gasteiger partial charge in [-0.25, -0.2) is 9.37 Å². The minimum Gasteiger partial charge on any atom is -0.387 e. The highest BCUT2D eigenvalue weighted by Crippen LogP contribution is 2.27. The Morgan fingerprint density at radius 1 is 1.47 bits per heavy atom. The van der Waals surface area contributed by atoms with Crippen LogP contribution in [0.2, 0.25) is 0 Å². The fourth-order valence-corrected chi connectivity index (χ4v) is 1.73. The number of pyridine rings is 1. The summed E-state index contributed by atoms with van der Waals surface area (Å²) in [6.45, 7) is -1.12. The lowest BCUT2D eigenvalue weighted by atomic mass is 10.2. The monoisotopic (exact) mass is 360 g/mol. The number of rotatable bonds is 3. The van der Waals surface area contributed by atoms with Gasteiger partial charge in [-0.2, -0.15) is 5.26 Å². The fourth-order valence-electron chi connectivity index (χ4n) is 1.04. The van der Waals surface area contributed by atoms with Gasteiger partial charge in [0.05, 0.1) is 18.2 Å². The van der Waals surface area contributed by atoms with Crippen molar-refractivity contribution in [1.29, 1.82) is 5.26 Å². The summed E-state index contributed by atoms with van der Waals surface area (Å²) in [5.74, 6) is -0.842. The van der Waals surface area contributed by atoms with Crippen molar-refractivity contribution in [1.82, 2.24) is 4.98 Å². The molecule has 0 aliphatic heterocycles. The Balaban J connectivity index is 3.18. The van der Waals surface area contributed by atoms with Gasteiger partial charge in [-0.1, -0.05) is 0 Å². The van der Waals surface area contributed by atoms with E-state index in [1.54, 1.807) is 28.7 Å². The fraction of sp³-hybridized carbons (Fsp3) is 0.333. The van der Waals surface area contributed by atoms with E-state index in [2.05, 4.69) is 9.72 Å². The van der Waals surface area contributed by atoms with Crippen molar-refractivity contribution in [2.45, 2.75) is 19.5 Å². The van der Waals surface area contributed by atoms with Crippen LogP contribution in [0.15, 0.2) is 6.07 Å². The van der Waals surface area contributed by atoms with Crippen LogP contribution < -0.4 is 4.74 Å². The third-order valence-corrected chi connectivity index (χ3v) is 2.62. The maximum atomic E-state index is 12.5. The Labute approximate surface area is 108 Å². The van der Waals surface area contributed by atoms with E-state index in [0.717, 1.165) is 0 Å². The normalized spacial score (nSPS) is 11.1. The van der Waals surface area contributed by atoms with Crippen LogP contribution in [-0.2, 0) is 13.1 Å². The van der Waals surface area contributed by atoms with Crippen molar-refractivity contribution in [2.75, 3.05) is 0 Å². The van der Waals surface area contributed by atoms with Crippen LogP contribution in [0.25, 0.3) is 0 Å². The van der Waals surface area contributed by atoms with E-state index in [4.69, 9.17) is 5.26 Å². The highest BCUT2D eigenvalue weighted by atomic mass is 127. The van der Waals surface area contributed by atoms with Crippen LogP contribution in [-0.4, -0.2) is 11.3 Å². The molecule has 0 aliphatic carbocycles. The van der Waals surface area contributed by atoms with E-state index in [1.807, 2.05) is 0 Å². The third-order valence-electron chi connectivity index (χ3n) is 1.69. The number of nitriles is 1. The molecule has 92 valence electrons. The summed E-state index contributed by atoms with van der Waals surface area (Å²) in [7, 11) is 0. The summed E-state index contributed by atoms with van der Waals surface area (Å²) < 4.78 is 52.6. The maximum Gasteiger partial charge on any atom is 0.574 e. The van der Waals surface area contributed by atoms with Crippen molar-refractivity contribution in [3.63, 3.8) is 0 Å². The summed E-state index contributed by atoms with van der Waals surface area (Å²) in [6.07, 6.45) is -5.10. The molecular weight excluding hydrogens is 355 g/mol. The van der Waals surface area contributed by atoms with Crippen LogP contribution in [0.4, 0.5) is 17.6 Å². The Bertz CT molecular complexity index is 456. The zero-order chi connectivity index (χ0) is 13.1. The van der Waals surface area contributed by atoms with E-state index in [0.29, 0.717) is 3.57 Å². The lowest BCUT2D eigenvalue weighted by Crippen LogP contribution is -2.19. The molecule has 0 radical (unpaired) electrons. The van der Waals surface area contributed by atoms with Gasteiger partial charge < -0.3 is 4.74 Å². The standard InChI is InChI=1S/C9H5F4IN2O/c10-4-5-3-6(14)7(1-2-15)16-8(5)17-9(11,12)13/h3H,1,4H2. The molecule has 0 fully saturated rings. The second kappa shape index (κ2) is 5.48. The van der Waals surface area contributed by atoms with Crippen molar-refractivity contribution < 1.29 is 22.3 Å². The first-order chi connectivity index (χ1) is 7.87. The predicted octanol–water partition coefficient (Wildman–Crippen LogP) is 3.12. The summed E-state index contributed by atoms with van der Waals surface area (Å²) in [4.78, 5) is 3.51. The summed E-state index contributed by atoms with van der Waals surface area (Å²) in [5.41, 5.74) is -0.169. The molecule has 0 spiro atoms.